The Balaban J connectivity index is 1.33. The van der Waals surface area contributed by atoms with Gasteiger partial charge in [0.25, 0.3) is 0 Å². The first kappa shape index (κ1) is 17.9. The van der Waals surface area contributed by atoms with E-state index >= 15 is 0 Å². The minimum Gasteiger partial charge on any atom is -0.335 e. The molecule has 0 spiro atoms. The van der Waals surface area contributed by atoms with Gasteiger partial charge in [0.15, 0.2) is 0 Å². The van der Waals surface area contributed by atoms with E-state index in [1.165, 1.54) is 24.3 Å². The largest absolute Gasteiger partial charge is 0.335 e. The summed E-state index contributed by atoms with van der Waals surface area (Å²) in [6, 6.07) is 13.2. The number of piperidine rings is 1. The van der Waals surface area contributed by atoms with Crippen molar-refractivity contribution in [1.82, 2.24) is 10.2 Å². The fourth-order valence-electron chi connectivity index (χ4n) is 4.37. The van der Waals surface area contributed by atoms with Gasteiger partial charge in [-0.1, -0.05) is 18.2 Å². The minimum atomic E-state index is -0.375. The van der Waals surface area contributed by atoms with Crippen LogP contribution >= 0.6 is 0 Å². The summed E-state index contributed by atoms with van der Waals surface area (Å²) in [6.45, 7) is 0.817. The van der Waals surface area contributed by atoms with Gasteiger partial charge in [-0.3, -0.25) is 4.90 Å². The van der Waals surface area contributed by atoms with E-state index in [0.29, 0.717) is 17.8 Å². The maximum absolute atomic E-state index is 13.2. The van der Waals surface area contributed by atoms with Crippen molar-refractivity contribution in [2.45, 2.75) is 50.4 Å². The molecule has 2 aromatic carbocycles. The molecule has 0 aromatic heterocycles. The van der Waals surface area contributed by atoms with Crippen molar-refractivity contribution in [3.05, 3.63) is 65.7 Å². The number of nitrogens with one attached hydrogen (secondary N) is 2. The summed E-state index contributed by atoms with van der Waals surface area (Å²) in [7, 11) is 0. The lowest BCUT2D eigenvalue weighted by Gasteiger charge is -2.39. The molecule has 2 heterocycles. The molecule has 0 radical (unpaired) electrons. The highest BCUT2D eigenvalue weighted by Gasteiger charge is 2.40. The first-order valence-electron chi connectivity index (χ1n) is 9.40. The highest BCUT2D eigenvalue weighted by molar-refractivity contribution is 5.89. The second-order valence-electron chi connectivity index (χ2n) is 7.46. The van der Waals surface area contributed by atoms with Crippen molar-refractivity contribution in [1.29, 1.82) is 0 Å². The summed E-state index contributed by atoms with van der Waals surface area (Å²) in [5, 5.41) is 5.73. The molecule has 6 heteroatoms. The van der Waals surface area contributed by atoms with Gasteiger partial charge in [0.2, 0.25) is 0 Å². The van der Waals surface area contributed by atoms with Crippen molar-refractivity contribution in [2.24, 2.45) is 0 Å². The SMILES string of the molecule is O=C(Nc1cccc(F)c1)NC1C[C@H]2CC[C@@H](C1)N2Cc1ccc(F)cc1. The zero-order valence-corrected chi connectivity index (χ0v) is 15.0. The lowest BCUT2D eigenvalue weighted by Crippen LogP contribution is -2.50. The zero-order chi connectivity index (χ0) is 18.8. The quantitative estimate of drug-likeness (QED) is 0.842. The molecule has 4 nitrogen and oxygen atoms in total. The molecule has 2 fully saturated rings. The highest BCUT2D eigenvalue weighted by atomic mass is 19.1. The van der Waals surface area contributed by atoms with Crippen LogP contribution in [0.4, 0.5) is 19.3 Å². The molecule has 2 bridgehead atoms. The number of hydrogen-bond donors (Lipinski definition) is 2. The van der Waals surface area contributed by atoms with E-state index in [0.717, 1.165) is 37.8 Å². The van der Waals surface area contributed by atoms with Gasteiger partial charge in [-0.25, -0.2) is 13.6 Å². The highest BCUT2D eigenvalue weighted by Crippen LogP contribution is 2.36. The van der Waals surface area contributed by atoms with Crippen LogP contribution in [-0.2, 0) is 6.54 Å². The number of carbonyl (C=O) groups excluding carboxylic acids is 1. The number of carbonyl (C=O) groups is 1. The van der Waals surface area contributed by atoms with Crippen LogP contribution in [0, 0.1) is 11.6 Å². The monoisotopic (exact) mass is 371 g/mol. The Kier molecular flexibility index (Phi) is 5.07. The van der Waals surface area contributed by atoms with Crippen LogP contribution in [0.5, 0.6) is 0 Å². The molecule has 27 heavy (non-hydrogen) atoms. The van der Waals surface area contributed by atoms with Gasteiger partial charge in [-0.15, -0.1) is 0 Å². The molecule has 2 aromatic rings. The van der Waals surface area contributed by atoms with Crippen molar-refractivity contribution < 1.29 is 13.6 Å². The predicted octanol–water partition coefficient (Wildman–Crippen LogP) is 4.28. The first-order valence-corrected chi connectivity index (χ1v) is 9.40. The predicted molar refractivity (Wildman–Crippen MR) is 100 cm³/mol. The van der Waals surface area contributed by atoms with Gasteiger partial charge in [0.1, 0.15) is 11.6 Å². The van der Waals surface area contributed by atoms with E-state index < -0.39 is 0 Å². The Morgan fingerprint density at radius 2 is 1.70 bits per heavy atom. The van der Waals surface area contributed by atoms with Crippen LogP contribution in [-0.4, -0.2) is 29.1 Å². The third kappa shape index (κ3) is 4.27. The standard InChI is InChI=1S/C21H23F2N3O/c22-15-6-4-14(5-7-15)13-26-19-8-9-20(26)12-18(11-19)25-21(27)24-17-3-1-2-16(23)10-17/h1-7,10,18-20H,8-9,11-13H2,(H2,24,25,27)/t18?,19-,20+. The van der Waals surface area contributed by atoms with Crippen LogP contribution in [0.15, 0.2) is 48.5 Å². The van der Waals surface area contributed by atoms with Gasteiger partial charge >= 0.3 is 6.03 Å². The second-order valence-corrected chi connectivity index (χ2v) is 7.46. The van der Waals surface area contributed by atoms with E-state index in [-0.39, 0.29) is 23.7 Å². The number of fused-ring (bicyclic) bond motifs is 2. The van der Waals surface area contributed by atoms with Gasteiger partial charge in [0.05, 0.1) is 0 Å². The van der Waals surface area contributed by atoms with Gasteiger partial charge in [-0.2, -0.15) is 0 Å². The van der Waals surface area contributed by atoms with Crippen LogP contribution in [0.3, 0.4) is 0 Å². The number of nitrogens with zero attached hydrogens (tertiary/aromatic N) is 1. The Bertz CT molecular complexity index is 797. The van der Waals surface area contributed by atoms with Crippen molar-refractivity contribution in [2.75, 3.05) is 5.32 Å². The molecule has 4 rings (SSSR count). The maximum Gasteiger partial charge on any atom is 0.319 e. The summed E-state index contributed by atoms with van der Waals surface area (Å²) in [6.07, 6.45) is 4.04. The number of anilines is 1. The van der Waals surface area contributed by atoms with Gasteiger partial charge < -0.3 is 10.6 Å². The smallest absolute Gasteiger partial charge is 0.319 e. The van der Waals surface area contributed by atoms with E-state index in [1.54, 1.807) is 12.1 Å². The Morgan fingerprint density at radius 1 is 1.00 bits per heavy atom. The van der Waals surface area contributed by atoms with Gasteiger partial charge in [0, 0.05) is 30.4 Å². The summed E-state index contributed by atoms with van der Waals surface area (Å²) < 4.78 is 26.3. The Morgan fingerprint density at radius 3 is 2.37 bits per heavy atom. The van der Waals surface area contributed by atoms with E-state index in [4.69, 9.17) is 0 Å². The number of amides is 2. The number of rotatable bonds is 4. The molecule has 2 amide bonds. The molecule has 2 N–H and O–H groups in total. The molecule has 2 aliphatic rings. The van der Waals surface area contributed by atoms with Crippen LogP contribution in [0.1, 0.15) is 31.2 Å². The summed E-state index contributed by atoms with van der Waals surface area (Å²) in [5.74, 6) is -0.589. The lowest BCUT2D eigenvalue weighted by atomic mass is 9.96. The van der Waals surface area contributed by atoms with Crippen LogP contribution in [0.2, 0.25) is 0 Å². The Hall–Kier alpha value is -2.47. The minimum absolute atomic E-state index is 0.112. The third-order valence-corrected chi connectivity index (χ3v) is 5.58. The average Bonchev–Trinajstić information content (AvgIpc) is 2.86. The molecule has 142 valence electrons. The summed E-state index contributed by atoms with van der Waals surface area (Å²) >= 11 is 0. The average molecular weight is 371 g/mol. The maximum atomic E-state index is 13.2. The fourth-order valence-corrected chi connectivity index (χ4v) is 4.37. The normalized spacial score (nSPS) is 24.6. The molecule has 1 unspecified atom stereocenters. The topological polar surface area (TPSA) is 44.4 Å². The zero-order valence-electron chi connectivity index (χ0n) is 15.0. The molecule has 2 aliphatic heterocycles. The summed E-state index contributed by atoms with van der Waals surface area (Å²) in [4.78, 5) is 14.7. The molecular weight excluding hydrogens is 348 g/mol. The second kappa shape index (κ2) is 7.64. The van der Waals surface area contributed by atoms with Crippen molar-refractivity contribution in [3.8, 4) is 0 Å². The lowest BCUT2D eigenvalue weighted by molar-refractivity contribution is 0.112. The van der Waals surface area contributed by atoms with Crippen molar-refractivity contribution >= 4 is 11.7 Å². The van der Waals surface area contributed by atoms with Crippen LogP contribution in [0.25, 0.3) is 0 Å². The molecule has 3 atom stereocenters. The summed E-state index contributed by atoms with van der Waals surface area (Å²) in [5.41, 5.74) is 1.56. The van der Waals surface area contributed by atoms with Gasteiger partial charge in [-0.05, 0) is 61.6 Å². The fraction of sp³-hybridized carbons (Fsp3) is 0.381. The van der Waals surface area contributed by atoms with E-state index in [9.17, 15) is 13.6 Å². The first-order chi connectivity index (χ1) is 13.1. The number of urea groups is 1. The van der Waals surface area contributed by atoms with Crippen LogP contribution < -0.4 is 10.6 Å². The van der Waals surface area contributed by atoms with E-state index in [2.05, 4.69) is 15.5 Å². The molecule has 0 aliphatic carbocycles. The third-order valence-electron chi connectivity index (χ3n) is 5.58. The number of hydrogen-bond acceptors (Lipinski definition) is 2. The molecular formula is C21H23F2N3O. The Labute approximate surface area is 157 Å². The molecule has 2 saturated heterocycles. The molecule has 0 saturated carbocycles. The number of halogens is 2. The van der Waals surface area contributed by atoms with Crippen molar-refractivity contribution in [3.63, 3.8) is 0 Å². The number of benzene rings is 2. The van der Waals surface area contributed by atoms with E-state index in [1.807, 2.05) is 12.1 Å².